The van der Waals surface area contributed by atoms with Gasteiger partial charge in [-0.25, -0.2) is 24.0 Å². The lowest BCUT2D eigenvalue weighted by atomic mass is 9.81. The number of anilines is 2. The highest BCUT2D eigenvalue weighted by Gasteiger charge is 2.47. The highest BCUT2D eigenvalue weighted by Crippen LogP contribution is 2.46. The lowest BCUT2D eigenvalue weighted by molar-refractivity contribution is -0.221. The van der Waals surface area contributed by atoms with Crippen LogP contribution in [0.25, 0.3) is 22.6 Å². The second kappa shape index (κ2) is 9.51. The number of aldehydes is 1. The average molecular weight is 556 g/mol. The molecule has 208 valence electrons. The summed E-state index contributed by atoms with van der Waals surface area (Å²) in [4.78, 5) is 27.4. The molecule has 2 aliphatic heterocycles. The molecule has 0 saturated carbocycles. The predicted molar refractivity (Wildman–Crippen MR) is 139 cm³/mol. The summed E-state index contributed by atoms with van der Waals surface area (Å²) in [6.07, 6.45) is -4.19. The summed E-state index contributed by atoms with van der Waals surface area (Å²) in [5.74, 6) is 0.374. The van der Waals surface area contributed by atoms with E-state index >= 15 is 0 Å². The molecular weight excluding hydrogens is 530 g/mol. The first-order valence-electron chi connectivity index (χ1n) is 12.7. The van der Waals surface area contributed by atoms with Crippen molar-refractivity contribution in [2.75, 3.05) is 29.9 Å². The maximum atomic E-state index is 14.5. The molecule has 6 rings (SSSR count). The fourth-order valence-corrected chi connectivity index (χ4v) is 5.28. The van der Waals surface area contributed by atoms with Crippen LogP contribution < -0.4 is 10.2 Å². The molecule has 9 nitrogen and oxygen atoms in total. The minimum atomic E-state index is -4.55. The minimum Gasteiger partial charge on any atom is -0.365 e. The standard InChI is InChI=1S/C27H25F4N7O2/c1-26(2)18(14-39)33-22-20(26)25(37-10-11-40-19(13-37)27(29,30)31)35-23(34-22)21-16-7-5-9-32-24(16)38(36-21)12-15-6-3-4-8-17(15)28/h3-9,14,18-19H,10-13H2,1-2H3,(H,33,34,35). The zero-order chi connectivity index (χ0) is 28.2. The van der Waals surface area contributed by atoms with Crippen LogP contribution in [0.4, 0.5) is 29.2 Å². The number of hydrogen-bond acceptors (Lipinski definition) is 8. The van der Waals surface area contributed by atoms with Gasteiger partial charge in [-0.3, -0.25) is 0 Å². The number of carbonyl (C=O) groups is 1. The van der Waals surface area contributed by atoms with Crippen molar-refractivity contribution in [3.8, 4) is 11.5 Å². The predicted octanol–water partition coefficient (Wildman–Crippen LogP) is 4.11. The van der Waals surface area contributed by atoms with Gasteiger partial charge in [0.25, 0.3) is 0 Å². The van der Waals surface area contributed by atoms with E-state index in [2.05, 4.69) is 20.4 Å². The molecule has 5 heterocycles. The number of aromatic nitrogens is 5. The van der Waals surface area contributed by atoms with E-state index in [-0.39, 0.29) is 31.3 Å². The van der Waals surface area contributed by atoms with E-state index in [9.17, 15) is 22.4 Å². The lowest BCUT2D eigenvalue weighted by Gasteiger charge is -2.36. The summed E-state index contributed by atoms with van der Waals surface area (Å²) in [5.41, 5.74) is 0.949. The highest BCUT2D eigenvalue weighted by molar-refractivity contribution is 5.90. The summed E-state index contributed by atoms with van der Waals surface area (Å²) in [5, 5.41) is 8.38. The van der Waals surface area contributed by atoms with Gasteiger partial charge in [-0.2, -0.15) is 18.3 Å². The molecule has 0 aliphatic carbocycles. The van der Waals surface area contributed by atoms with Crippen molar-refractivity contribution < 1.29 is 27.1 Å². The molecule has 2 unspecified atom stereocenters. The molecule has 1 N–H and O–H groups in total. The van der Waals surface area contributed by atoms with Crippen LogP contribution >= 0.6 is 0 Å². The number of alkyl halides is 3. The van der Waals surface area contributed by atoms with E-state index in [0.717, 1.165) is 6.29 Å². The van der Waals surface area contributed by atoms with Crippen molar-refractivity contribution in [1.29, 1.82) is 0 Å². The lowest BCUT2D eigenvalue weighted by Crippen LogP contribution is -2.50. The molecule has 0 bridgehead atoms. The van der Waals surface area contributed by atoms with Crippen molar-refractivity contribution >= 4 is 29.0 Å². The van der Waals surface area contributed by atoms with Gasteiger partial charge in [0.15, 0.2) is 17.6 Å². The van der Waals surface area contributed by atoms with Gasteiger partial charge >= 0.3 is 6.18 Å². The summed E-state index contributed by atoms with van der Waals surface area (Å²) < 4.78 is 61.8. The second-order valence-electron chi connectivity index (χ2n) is 10.4. The molecule has 1 aromatic carbocycles. The van der Waals surface area contributed by atoms with Crippen LogP contribution in [0.5, 0.6) is 0 Å². The molecule has 0 radical (unpaired) electrons. The first-order valence-corrected chi connectivity index (χ1v) is 12.7. The average Bonchev–Trinajstić information content (AvgIpc) is 3.43. The molecular formula is C27H25F4N7O2. The molecule has 13 heteroatoms. The quantitative estimate of drug-likeness (QED) is 0.290. The van der Waals surface area contributed by atoms with Crippen LogP contribution in [0.1, 0.15) is 25.0 Å². The van der Waals surface area contributed by atoms with Crippen molar-refractivity contribution in [1.82, 2.24) is 24.7 Å². The van der Waals surface area contributed by atoms with Crippen LogP contribution in [0.2, 0.25) is 0 Å². The molecule has 2 aliphatic rings. The van der Waals surface area contributed by atoms with E-state index in [1.165, 1.54) is 11.0 Å². The number of fused-ring (bicyclic) bond motifs is 2. The summed E-state index contributed by atoms with van der Waals surface area (Å²) in [7, 11) is 0. The molecule has 40 heavy (non-hydrogen) atoms. The number of hydrogen-bond donors (Lipinski definition) is 1. The first kappa shape index (κ1) is 26.1. The Morgan fingerprint density at radius 1 is 1.18 bits per heavy atom. The fraction of sp³-hybridized carbons (Fsp3) is 0.370. The SMILES string of the molecule is CC1(C)c2c(nc(-c3nn(Cc4ccccc4F)c4ncccc34)nc2N2CCOC(C(F)(F)F)C2)NC1C=O. The van der Waals surface area contributed by atoms with Gasteiger partial charge in [0.2, 0.25) is 0 Å². The second-order valence-corrected chi connectivity index (χ2v) is 10.4. The van der Waals surface area contributed by atoms with E-state index < -0.39 is 36.1 Å². The van der Waals surface area contributed by atoms with E-state index in [1.54, 1.807) is 41.2 Å². The summed E-state index contributed by atoms with van der Waals surface area (Å²) in [6, 6.07) is 9.16. The van der Waals surface area contributed by atoms with Crippen molar-refractivity contribution in [2.24, 2.45) is 0 Å². The molecule has 2 atom stereocenters. The molecule has 3 aromatic heterocycles. The number of nitrogens with one attached hydrogen (secondary N) is 1. The molecule has 1 fully saturated rings. The maximum absolute atomic E-state index is 14.5. The van der Waals surface area contributed by atoms with Gasteiger partial charge < -0.3 is 19.7 Å². The smallest absolute Gasteiger partial charge is 0.365 e. The van der Waals surface area contributed by atoms with Gasteiger partial charge in [0.1, 0.15) is 29.4 Å². The van der Waals surface area contributed by atoms with Crippen molar-refractivity contribution in [3.05, 3.63) is 59.5 Å². The number of benzene rings is 1. The first-order chi connectivity index (χ1) is 19.1. The number of rotatable bonds is 5. The molecule has 1 saturated heterocycles. The Hall–Kier alpha value is -4.13. The highest BCUT2D eigenvalue weighted by atomic mass is 19.4. The largest absolute Gasteiger partial charge is 0.416 e. The molecule has 0 spiro atoms. The number of ether oxygens (including phenoxy) is 1. The number of carbonyl (C=O) groups excluding carboxylic acids is 1. The fourth-order valence-electron chi connectivity index (χ4n) is 5.28. The van der Waals surface area contributed by atoms with Crippen molar-refractivity contribution in [3.63, 3.8) is 0 Å². The van der Waals surface area contributed by atoms with Gasteiger partial charge in [-0.1, -0.05) is 32.0 Å². The Labute approximate surface area is 226 Å². The Morgan fingerprint density at radius 3 is 2.73 bits per heavy atom. The van der Waals surface area contributed by atoms with Crippen LogP contribution in [-0.4, -0.2) is 69.0 Å². The van der Waals surface area contributed by atoms with Crippen LogP contribution in [0, 0.1) is 5.82 Å². The Bertz CT molecular complexity index is 1600. The van der Waals surface area contributed by atoms with Gasteiger partial charge in [-0.15, -0.1) is 0 Å². The van der Waals surface area contributed by atoms with Gasteiger partial charge in [0, 0.05) is 29.3 Å². The Morgan fingerprint density at radius 2 is 1.98 bits per heavy atom. The Kier molecular flexibility index (Phi) is 6.21. The number of halogens is 4. The summed E-state index contributed by atoms with van der Waals surface area (Å²) >= 11 is 0. The third kappa shape index (κ3) is 4.34. The van der Waals surface area contributed by atoms with Crippen molar-refractivity contribution in [2.45, 2.75) is 44.1 Å². The van der Waals surface area contributed by atoms with E-state index in [0.29, 0.717) is 33.7 Å². The normalized spacial score (nSPS) is 20.4. The van der Waals surface area contributed by atoms with Gasteiger partial charge in [0.05, 0.1) is 31.1 Å². The van der Waals surface area contributed by atoms with Gasteiger partial charge in [-0.05, 0) is 18.2 Å². The maximum Gasteiger partial charge on any atom is 0.416 e. The topological polar surface area (TPSA) is 98.1 Å². The summed E-state index contributed by atoms with van der Waals surface area (Å²) in [6.45, 7) is 3.29. The third-order valence-corrected chi connectivity index (χ3v) is 7.47. The molecule has 4 aromatic rings. The number of nitrogens with zero attached hydrogens (tertiary/aromatic N) is 6. The van der Waals surface area contributed by atoms with E-state index in [4.69, 9.17) is 9.72 Å². The zero-order valence-corrected chi connectivity index (χ0v) is 21.6. The minimum absolute atomic E-state index is 0.0905. The van der Waals surface area contributed by atoms with Crippen LogP contribution in [0.3, 0.4) is 0 Å². The number of pyridine rings is 1. The van der Waals surface area contributed by atoms with E-state index in [1.807, 2.05) is 13.8 Å². The van der Waals surface area contributed by atoms with Crippen LogP contribution in [-0.2, 0) is 21.5 Å². The van der Waals surface area contributed by atoms with Crippen LogP contribution in [0.15, 0.2) is 42.6 Å². The monoisotopic (exact) mass is 555 g/mol. The third-order valence-electron chi connectivity index (χ3n) is 7.47. The Balaban J connectivity index is 1.51. The molecule has 0 amide bonds. The zero-order valence-electron chi connectivity index (χ0n) is 21.6. The number of morpholine rings is 1.